The fraction of sp³-hybridized carbons (Fsp3) is 0.571. The van der Waals surface area contributed by atoms with Crippen LogP contribution in [0.1, 0.15) is 31.9 Å². The molecule has 0 spiro atoms. The summed E-state index contributed by atoms with van der Waals surface area (Å²) in [6, 6.07) is 6.07. The first kappa shape index (κ1) is 13.5. The second-order valence-corrected chi connectivity index (χ2v) is 5.13. The number of hydrogen-bond acceptors (Lipinski definition) is 3. The van der Waals surface area contributed by atoms with Gasteiger partial charge in [-0.1, -0.05) is 12.1 Å². The van der Waals surface area contributed by atoms with Crippen LogP contribution >= 0.6 is 0 Å². The van der Waals surface area contributed by atoms with Gasteiger partial charge >= 0.3 is 0 Å². The molecule has 0 aromatic heterocycles. The third-order valence-electron chi connectivity index (χ3n) is 3.82. The molecule has 1 aromatic rings. The quantitative estimate of drug-likeness (QED) is 0.862. The lowest BCUT2D eigenvalue weighted by molar-refractivity contribution is 0.0800. The number of β-amino-alcohol motifs (C(OH)–C–C–N with tert-alkyl or cyclic N) is 1. The van der Waals surface area contributed by atoms with Crippen LogP contribution in [-0.4, -0.2) is 29.9 Å². The van der Waals surface area contributed by atoms with Crippen LogP contribution in [-0.2, 0) is 4.74 Å². The molecule has 2 N–H and O–H groups in total. The number of aliphatic hydroxyl groups is 1. The zero-order valence-electron chi connectivity index (χ0n) is 10.8. The van der Waals surface area contributed by atoms with Gasteiger partial charge in [-0.15, -0.1) is 0 Å². The van der Waals surface area contributed by atoms with Gasteiger partial charge in [0.1, 0.15) is 5.82 Å². The second-order valence-electron chi connectivity index (χ2n) is 5.13. The highest BCUT2D eigenvalue weighted by Gasteiger charge is 2.36. The third-order valence-corrected chi connectivity index (χ3v) is 3.82. The fourth-order valence-electron chi connectivity index (χ4n) is 2.23. The summed E-state index contributed by atoms with van der Waals surface area (Å²) in [4.78, 5) is 0. The van der Waals surface area contributed by atoms with Crippen LogP contribution in [0.15, 0.2) is 24.3 Å². The summed E-state index contributed by atoms with van der Waals surface area (Å²) < 4.78 is 18.6. The van der Waals surface area contributed by atoms with E-state index in [-0.39, 0.29) is 17.5 Å². The van der Waals surface area contributed by atoms with Gasteiger partial charge in [-0.25, -0.2) is 4.39 Å². The predicted molar refractivity (Wildman–Crippen MR) is 67.8 cm³/mol. The average molecular weight is 253 g/mol. The Morgan fingerprint density at radius 1 is 1.61 bits per heavy atom. The molecule has 0 aliphatic carbocycles. The number of hydrogen-bond donors (Lipinski definition) is 2. The largest absolute Gasteiger partial charge is 0.387 e. The Balaban J connectivity index is 1.94. The molecule has 18 heavy (non-hydrogen) atoms. The molecule has 0 bridgehead atoms. The molecule has 1 heterocycles. The Labute approximate surface area is 107 Å². The van der Waals surface area contributed by atoms with E-state index in [0.717, 1.165) is 13.0 Å². The number of halogens is 1. The number of ether oxygens (including phenoxy) is 1. The predicted octanol–water partition coefficient (Wildman–Crippen LogP) is 2.02. The minimum atomic E-state index is -0.703. The van der Waals surface area contributed by atoms with Gasteiger partial charge in [-0.2, -0.15) is 0 Å². The van der Waals surface area contributed by atoms with E-state index in [4.69, 9.17) is 4.74 Å². The minimum absolute atomic E-state index is 0.117. The maximum absolute atomic E-state index is 13.1. The summed E-state index contributed by atoms with van der Waals surface area (Å²) in [7, 11) is 0. The lowest BCUT2D eigenvalue weighted by atomic mass is 9.94. The summed E-state index contributed by atoms with van der Waals surface area (Å²) in [6.07, 6.45) is 0.340. The Kier molecular flexibility index (Phi) is 4.00. The normalized spacial score (nSPS) is 29.4. The smallest absolute Gasteiger partial charge is 0.123 e. The first-order valence-corrected chi connectivity index (χ1v) is 6.31. The molecule has 3 atom stereocenters. The first-order chi connectivity index (χ1) is 8.51. The molecular formula is C14H20FNO2. The summed E-state index contributed by atoms with van der Waals surface area (Å²) >= 11 is 0. The van der Waals surface area contributed by atoms with Crippen molar-refractivity contribution in [2.24, 2.45) is 0 Å². The minimum Gasteiger partial charge on any atom is -0.387 e. The summed E-state index contributed by atoms with van der Waals surface area (Å²) in [5.74, 6) is -0.324. The van der Waals surface area contributed by atoms with Crippen molar-refractivity contribution < 1.29 is 14.2 Å². The topological polar surface area (TPSA) is 41.5 Å². The average Bonchev–Trinajstić information content (AvgIpc) is 2.67. The summed E-state index contributed by atoms with van der Waals surface area (Å²) in [6.45, 7) is 5.24. The van der Waals surface area contributed by atoms with E-state index < -0.39 is 6.10 Å². The monoisotopic (exact) mass is 253 g/mol. The van der Waals surface area contributed by atoms with Crippen molar-refractivity contribution in [2.75, 3.05) is 13.2 Å². The second kappa shape index (κ2) is 5.34. The van der Waals surface area contributed by atoms with Crippen molar-refractivity contribution in [2.45, 2.75) is 38.0 Å². The van der Waals surface area contributed by atoms with Crippen molar-refractivity contribution in [3.63, 3.8) is 0 Å². The lowest BCUT2D eigenvalue weighted by Crippen LogP contribution is -2.49. The van der Waals surface area contributed by atoms with Gasteiger partial charge in [0.25, 0.3) is 0 Å². The number of nitrogens with one attached hydrogen (secondary N) is 1. The molecule has 1 aromatic carbocycles. The van der Waals surface area contributed by atoms with Gasteiger partial charge in [0.15, 0.2) is 0 Å². The van der Waals surface area contributed by atoms with Gasteiger partial charge in [-0.3, -0.25) is 0 Å². The van der Waals surface area contributed by atoms with Crippen molar-refractivity contribution in [3.8, 4) is 0 Å². The Morgan fingerprint density at radius 3 is 3.00 bits per heavy atom. The summed E-state index contributed by atoms with van der Waals surface area (Å²) in [5.41, 5.74) is 0.478. The molecule has 1 fully saturated rings. The van der Waals surface area contributed by atoms with Crippen molar-refractivity contribution >= 4 is 0 Å². The highest BCUT2D eigenvalue weighted by atomic mass is 19.1. The zero-order chi connectivity index (χ0) is 13.2. The summed E-state index contributed by atoms with van der Waals surface area (Å²) in [5, 5.41) is 13.4. The molecule has 1 saturated heterocycles. The number of aliphatic hydroxyl groups excluding tert-OH is 1. The third kappa shape index (κ3) is 2.88. The van der Waals surface area contributed by atoms with Crippen LogP contribution in [0.25, 0.3) is 0 Å². The van der Waals surface area contributed by atoms with E-state index in [9.17, 15) is 9.50 Å². The van der Waals surface area contributed by atoms with Crippen LogP contribution < -0.4 is 5.32 Å². The van der Waals surface area contributed by atoms with Crippen LogP contribution in [0.5, 0.6) is 0 Å². The van der Waals surface area contributed by atoms with E-state index in [2.05, 4.69) is 12.2 Å². The zero-order valence-corrected chi connectivity index (χ0v) is 10.8. The Hall–Kier alpha value is -0.970. The molecule has 4 heteroatoms. The molecular weight excluding hydrogens is 233 g/mol. The Bertz CT molecular complexity index is 413. The van der Waals surface area contributed by atoms with E-state index >= 15 is 0 Å². The van der Waals surface area contributed by atoms with Crippen molar-refractivity contribution in [3.05, 3.63) is 35.6 Å². The maximum Gasteiger partial charge on any atom is 0.123 e. The molecule has 3 nitrogen and oxygen atoms in total. The maximum atomic E-state index is 13.1. The number of rotatable bonds is 4. The standard InChI is InChI=1S/C14H20FNO2/c1-10-14(2,6-7-18-10)16-9-13(17)11-4-3-5-12(15)8-11/h3-5,8,10,13,16-17H,6-7,9H2,1-2H3. The van der Waals surface area contributed by atoms with Gasteiger partial charge in [-0.05, 0) is 38.0 Å². The molecule has 100 valence electrons. The molecule has 0 saturated carbocycles. The molecule has 1 aliphatic heterocycles. The van der Waals surface area contributed by atoms with Gasteiger partial charge in [0.2, 0.25) is 0 Å². The van der Waals surface area contributed by atoms with Crippen LogP contribution in [0.3, 0.4) is 0 Å². The molecule has 0 amide bonds. The molecule has 1 aliphatic rings. The first-order valence-electron chi connectivity index (χ1n) is 6.31. The fourth-order valence-corrected chi connectivity index (χ4v) is 2.23. The molecule has 0 radical (unpaired) electrons. The van der Waals surface area contributed by atoms with Crippen LogP contribution in [0.2, 0.25) is 0 Å². The molecule has 2 rings (SSSR count). The van der Waals surface area contributed by atoms with E-state index in [1.807, 2.05) is 6.92 Å². The highest BCUT2D eigenvalue weighted by molar-refractivity contribution is 5.19. The van der Waals surface area contributed by atoms with Crippen molar-refractivity contribution in [1.29, 1.82) is 0 Å². The van der Waals surface area contributed by atoms with E-state index in [1.54, 1.807) is 12.1 Å². The van der Waals surface area contributed by atoms with Crippen LogP contribution in [0, 0.1) is 5.82 Å². The van der Waals surface area contributed by atoms with Crippen molar-refractivity contribution in [1.82, 2.24) is 5.32 Å². The molecule has 3 unspecified atom stereocenters. The van der Waals surface area contributed by atoms with Gasteiger partial charge in [0.05, 0.1) is 12.2 Å². The Morgan fingerprint density at radius 2 is 2.39 bits per heavy atom. The number of benzene rings is 1. The SMILES string of the molecule is CC1OCCC1(C)NCC(O)c1cccc(F)c1. The van der Waals surface area contributed by atoms with E-state index in [0.29, 0.717) is 12.1 Å². The lowest BCUT2D eigenvalue weighted by Gasteiger charge is -2.30. The van der Waals surface area contributed by atoms with Crippen LogP contribution in [0.4, 0.5) is 4.39 Å². The van der Waals surface area contributed by atoms with Gasteiger partial charge < -0.3 is 15.2 Å². The highest BCUT2D eigenvalue weighted by Crippen LogP contribution is 2.25. The van der Waals surface area contributed by atoms with E-state index in [1.165, 1.54) is 12.1 Å². The van der Waals surface area contributed by atoms with Gasteiger partial charge in [0, 0.05) is 18.7 Å².